The molecular formula is C16H15N3O3S. The van der Waals surface area contributed by atoms with Crippen molar-refractivity contribution in [2.24, 2.45) is 7.05 Å². The summed E-state index contributed by atoms with van der Waals surface area (Å²) in [7, 11) is 3.10. The van der Waals surface area contributed by atoms with Gasteiger partial charge in [0.05, 0.1) is 18.9 Å². The Kier molecular flexibility index (Phi) is 4.12. The molecular weight excluding hydrogens is 314 g/mol. The summed E-state index contributed by atoms with van der Waals surface area (Å²) in [5, 5.41) is 7.76. The Labute approximate surface area is 136 Å². The molecule has 0 radical (unpaired) electrons. The smallest absolute Gasteiger partial charge is 0.348 e. The van der Waals surface area contributed by atoms with E-state index in [0.717, 1.165) is 15.6 Å². The molecule has 7 heteroatoms. The van der Waals surface area contributed by atoms with E-state index in [4.69, 9.17) is 4.74 Å². The minimum atomic E-state index is -0.392. The zero-order chi connectivity index (χ0) is 16.4. The van der Waals surface area contributed by atoms with Crippen molar-refractivity contribution < 1.29 is 14.3 Å². The van der Waals surface area contributed by atoms with Crippen LogP contribution in [0.25, 0.3) is 10.1 Å². The molecule has 2 aromatic heterocycles. The summed E-state index contributed by atoms with van der Waals surface area (Å²) in [6, 6.07) is 7.70. The van der Waals surface area contributed by atoms with Gasteiger partial charge in [0.15, 0.2) is 0 Å². The summed E-state index contributed by atoms with van der Waals surface area (Å²) in [6.07, 6.45) is 3.14. The monoisotopic (exact) mass is 329 g/mol. The van der Waals surface area contributed by atoms with Gasteiger partial charge in [0, 0.05) is 30.1 Å². The summed E-state index contributed by atoms with van der Waals surface area (Å²) >= 11 is 1.37. The van der Waals surface area contributed by atoms with Gasteiger partial charge in [0.25, 0.3) is 5.91 Å². The topological polar surface area (TPSA) is 73.2 Å². The summed E-state index contributed by atoms with van der Waals surface area (Å²) in [6.45, 7) is 0.252. The van der Waals surface area contributed by atoms with E-state index in [1.807, 2.05) is 24.3 Å². The second-order valence-corrected chi connectivity index (χ2v) is 6.04. The zero-order valence-electron chi connectivity index (χ0n) is 12.7. The van der Waals surface area contributed by atoms with Crippen molar-refractivity contribution in [1.29, 1.82) is 0 Å². The first-order chi connectivity index (χ1) is 11.1. The van der Waals surface area contributed by atoms with Gasteiger partial charge in [-0.1, -0.05) is 18.2 Å². The molecule has 0 saturated heterocycles. The highest BCUT2D eigenvalue weighted by Crippen LogP contribution is 2.31. The molecule has 1 aromatic carbocycles. The van der Waals surface area contributed by atoms with Crippen LogP contribution in [0.15, 0.2) is 36.7 Å². The molecule has 0 aliphatic carbocycles. The van der Waals surface area contributed by atoms with Gasteiger partial charge in [0.1, 0.15) is 4.88 Å². The lowest BCUT2D eigenvalue weighted by Crippen LogP contribution is -2.23. The number of ether oxygens (including phenoxy) is 1. The second-order valence-electron chi connectivity index (χ2n) is 4.98. The Morgan fingerprint density at radius 2 is 2.13 bits per heavy atom. The third-order valence-corrected chi connectivity index (χ3v) is 4.65. The number of aryl methyl sites for hydroxylation is 1. The van der Waals surface area contributed by atoms with Crippen LogP contribution in [0.2, 0.25) is 0 Å². The number of benzene rings is 1. The van der Waals surface area contributed by atoms with Gasteiger partial charge >= 0.3 is 5.97 Å². The van der Waals surface area contributed by atoms with Crippen molar-refractivity contribution in [2.45, 2.75) is 6.54 Å². The number of nitrogens with one attached hydrogen (secondary N) is 1. The largest absolute Gasteiger partial charge is 0.465 e. The highest BCUT2D eigenvalue weighted by Gasteiger charge is 2.19. The van der Waals surface area contributed by atoms with Gasteiger partial charge in [-0.2, -0.15) is 5.10 Å². The van der Waals surface area contributed by atoms with E-state index in [1.54, 1.807) is 17.9 Å². The van der Waals surface area contributed by atoms with E-state index >= 15 is 0 Å². The molecule has 2 heterocycles. The maximum atomic E-state index is 12.2. The number of aromatic nitrogens is 2. The molecule has 0 spiro atoms. The third-order valence-electron chi connectivity index (χ3n) is 3.46. The molecule has 6 nitrogen and oxygen atoms in total. The third kappa shape index (κ3) is 2.95. The molecule has 1 N–H and O–H groups in total. The fourth-order valence-corrected chi connectivity index (χ4v) is 3.48. The van der Waals surface area contributed by atoms with Gasteiger partial charge in [0.2, 0.25) is 0 Å². The predicted octanol–water partition coefficient (Wildman–Crippen LogP) is 2.35. The summed E-state index contributed by atoms with van der Waals surface area (Å²) < 4.78 is 7.40. The average molecular weight is 329 g/mol. The number of esters is 1. The summed E-state index contributed by atoms with van der Waals surface area (Å²) in [5.41, 5.74) is 1.25. The lowest BCUT2D eigenvalue weighted by Gasteiger charge is -2.05. The predicted molar refractivity (Wildman–Crippen MR) is 87.5 cm³/mol. The van der Waals surface area contributed by atoms with Crippen molar-refractivity contribution in [2.75, 3.05) is 7.11 Å². The molecule has 0 saturated carbocycles. The number of thiophene rings is 1. The van der Waals surface area contributed by atoms with E-state index in [2.05, 4.69) is 10.4 Å². The number of hydrogen-bond donors (Lipinski definition) is 1. The van der Waals surface area contributed by atoms with Crippen molar-refractivity contribution in [1.82, 2.24) is 15.1 Å². The van der Waals surface area contributed by atoms with Crippen LogP contribution in [0.4, 0.5) is 0 Å². The molecule has 3 rings (SSSR count). The number of amides is 1. The quantitative estimate of drug-likeness (QED) is 0.746. The van der Waals surface area contributed by atoms with E-state index in [-0.39, 0.29) is 12.5 Å². The molecule has 1 amide bonds. The molecule has 0 atom stereocenters. The first kappa shape index (κ1) is 15.2. The van der Waals surface area contributed by atoms with Gasteiger partial charge in [-0.25, -0.2) is 4.79 Å². The molecule has 0 fully saturated rings. The molecule has 0 aliphatic heterocycles. The normalized spacial score (nSPS) is 10.7. The fourth-order valence-electron chi connectivity index (χ4n) is 2.34. The van der Waals surface area contributed by atoms with E-state index in [1.165, 1.54) is 24.6 Å². The number of carbonyl (C=O) groups is 2. The van der Waals surface area contributed by atoms with Crippen LogP contribution >= 0.6 is 11.3 Å². The van der Waals surface area contributed by atoms with Crippen LogP contribution in [0.3, 0.4) is 0 Å². The van der Waals surface area contributed by atoms with E-state index in [0.29, 0.717) is 10.4 Å². The van der Waals surface area contributed by atoms with Gasteiger partial charge in [-0.3, -0.25) is 9.48 Å². The number of hydrogen-bond acceptors (Lipinski definition) is 5. The average Bonchev–Trinajstić information content (AvgIpc) is 3.15. The van der Waals surface area contributed by atoms with Gasteiger partial charge in [-0.05, 0) is 11.5 Å². The molecule has 118 valence electrons. The minimum Gasteiger partial charge on any atom is -0.465 e. The molecule has 0 bridgehead atoms. The molecule has 0 unspecified atom stereocenters. The minimum absolute atomic E-state index is 0.232. The zero-order valence-corrected chi connectivity index (χ0v) is 13.5. The van der Waals surface area contributed by atoms with E-state index < -0.39 is 5.97 Å². The van der Waals surface area contributed by atoms with Crippen LogP contribution in [0.1, 0.15) is 25.6 Å². The molecule has 0 aliphatic rings. The van der Waals surface area contributed by atoms with Crippen LogP contribution in [-0.4, -0.2) is 28.8 Å². The van der Waals surface area contributed by atoms with Crippen LogP contribution < -0.4 is 5.32 Å². The lowest BCUT2D eigenvalue weighted by molar-refractivity contribution is 0.0604. The van der Waals surface area contributed by atoms with Crippen molar-refractivity contribution >= 4 is 33.3 Å². The molecule has 3 aromatic rings. The number of nitrogens with zero attached hydrogens (tertiary/aromatic N) is 2. The van der Waals surface area contributed by atoms with Crippen LogP contribution in [0.5, 0.6) is 0 Å². The standard InChI is InChI=1S/C16H15N3O3S/c1-19-9-10(7-18-19)15(20)17-8-12-11-5-3-4-6-13(11)23-14(12)16(21)22-2/h3-7,9H,8H2,1-2H3,(H,17,20). The Bertz CT molecular complexity index is 882. The first-order valence-corrected chi connectivity index (χ1v) is 7.77. The Morgan fingerprint density at radius 1 is 1.35 bits per heavy atom. The van der Waals surface area contributed by atoms with Crippen molar-refractivity contribution in [3.63, 3.8) is 0 Å². The highest BCUT2D eigenvalue weighted by atomic mass is 32.1. The fraction of sp³-hybridized carbons (Fsp3) is 0.188. The first-order valence-electron chi connectivity index (χ1n) is 6.95. The second kappa shape index (κ2) is 6.21. The number of rotatable bonds is 4. The Hall–Kier alpha value is -2.67. The van der Waals surface area contributed by atoms with Crippen LogP contribution in [0, 0.1) is 0 Å². The van der Waals surface area contributed by atoms with Crippen molar-refractivity contribution in [3.05, 3.63) is 52.7 Å². The van der Waals surface area contributed by atoms with Gasteiger partial charge in [-0.15, -0.1) is 11.3 Å². The SMILES string of the molecule is COC(=O)c1sc2ccccc2c1CNC(=O)c1cnn(C)c1. The summed E-state index contributed by atoms with van der Waals surface area (Å²) in [4.78, 5) is 24.7. The maximum absolute atomic E-state index is 12.2. The lowest BCUT2D eigenvalue weighted by atomic mass is 10.1. The number of fused-ring (bicyclic) bond motifs is 1. The Morgan fingerprint density at radius 3 is 2.83 bits per heavy atom. The molecule has 23 heavy (non-hydrogen) atoms. The highest BCUT2D eigenvalue weighted by molar-refractivity contribution is 7.21. The van der Waals surface area contributed by atoms with Crippen LogP contribution in [-0.2, 0) is 18.3 Å². The summed E-state index contributed by atoms with van der Waals surface area (Å²) in [5.74, 6) is -0.624. The number of methoxy groups -OCH3 is 1. The number of carbonyl (C=O) groups excluding carboxylic acids is 2. The van der Waals surface area contributed by atoms with Crippen molar-refractivity contribution in [3.8, 4) is 0 Å². The van der Waals surface area contributed by atoms with E-state index in [9.17, 15) is 9.59 Å². The maximum Gasteiger partial charge on any atom is 0.348 e. The van der Waals surface area contributed by atoms with Gasteiger partial charge < -0.3 is 10.1 Å². The Balaban J connectivity index is 1.89.